The van der Waals surface area contributed by atoms with Crippen molar-refractivity contribution in [2.45, 2.75) is 4.90 Å². The summed E-state index contributed by atoms with van der Waals surface area (Å²) in [5.41, 5.74) is 0. The van der Waals surface area contributed by atoms with Crippen LogP contribution in [0.3, 0.4) is 0 Å². The molecular formula is C9H4Cl3NOS. The third-order valence-corrected chi connectivity index (χ3v) is 3.71. The zero-order chi connectivity index (χ0) is 11.0. The van der Waals surface area contributed by atoms with Crippen LogP contribution in [-0.2, 0) is 10.0 Å². The molecule has 1 heterocycles. The largest absolute Gasteiger partial charge is 0.242 e. The molecule has 15 heavy (non-hydrogen) atoms. The Morgan fingerprint density at radius 1 is 1.20 bits per heavy atom. The predicted molar refractivity (Wildman–Crippen MR) is 64.0 cm³/mol. The number of hydrogen-bond donors (Lipinski definition) is 0. The van der Waals surface area contributed by atoms with E-state index in [9.17, 15) is 4.21 Å². The molecule has 0 aliphatic carbocycles. The third-order valence-electron chi connectivity index (χ3n) is 1.95. The van der Waals surface area contributed by atoms with Crippen molar-refractivity contribution in [2.75, 3.05) is 0 Å². The van der Waals surface area contributed by atoms with Gasteiger partial charge in [-0.05, 0) is 22.8 Å². The van der Waals surface area contributed by atoms with Gasteiger partial charge in [-0.3, -0.25) is 0 Å². The van der Waals surface area contributed by atoms with Crippen molar-refractivity contribution in [1.82, 2.24) is 4.98 Å². The molecule has 1 unspecified atom stereocenters. The Bertz CT molecular complexity index is 558. The van der Waals surface area contributed by atoms with Gasteiger partial charge in [0.1, 0.15) is 15.2 Å². The van der Waals surface area contributed by atoms with Gasteiger partial charge in [0.15, 0.2) is 0 Å². The van der Waals surface area contributed by atoms with E-state index in [2.05, 4.69) is 4.98 Å². The summed E-state index contributed by atoms with van der Waals surface area (Å²) in [4.78, 5) is 4.38. The highest BCUT2D eigenvalue weighted by Crippen LogP contribution is 2.29. The first-order valence-corrected chi connectivity index (χ1v) is 6.64. The minimum absolute atomic E-state index is 0.318. The maximum absolute atomic E-state index is 11.1. The van der Waals surface area contributed by atoms with Crippen LogP contribution < -0.4 is 0 Å². The Hall–Kier alpha value is -0.350. The van der Waals surface area contributed by atoms with Crippen LogP contribution in [0.5, 0.6) is 0 Å². The highest BCUT2D eigenvalue weighted by Gasteiger charge is 2.07. The van der Waals surface area contributed by atoms with Gasteiger partial charge in [0.25, 0.3) is 0 Å². The van der Waals surface area contributed by atoms with Gasteiger partial charge in [0, 0.05) is 17.0 Å². The molecule has 0 aliphatic heterocycles. The van der Waals surface area contributed by atoms with Crippen LogP contribution in [0.1, 0.15) is 0 Å². The molecule has 0 amide bonds. The van der Waals surface area contributed by atoms with E-state index in [0.29, 0.717) is 20.5 Å². The van der Waals surface area contributed by atoms with Crippen LogP contribution in [0.2, 0.25) is 10.2 Å². The quantitative estimate of drug-likeness (QED) is 0.587. The van der Waals surface area contributed by atoms with Crippen LogP contribution in [0.4, 0.5) is 0 Å². The van der Waals surface area contributed by atoms with E-state index < -0.39 is 10.0 Å². The summed E-state index contributed by atoms with van der Waals surface area (Å²) in [6.07, 6.45) is 1.48. The summed E-state index contributed by atoms with van der Waals surface area (Å²) >= 11 is 11.8. The molecule has 0 saturated carbocycles. The van der Waals surface area contributed by atoms with Gasteiger partial charge in [-0.15, -0.1) is 0 Å². The number of rotatable bonds is 1. The van der Waals surface area contributed by atoms with Crippen LogP contribution in [0.25, 0.3) is 10.8 Å². The Labute approximate surface area is 103 Å². The van der Waals surface area contributed by atoms with Crippen LogP contribution >= 0.6 is 33.9 Å². The fourth-order valence-electron chi connectivity index (χ4n) is 1.25. The molecule has 0 saturated heterocycles. The molecule has 2 nitrogen and oxygen atoms in total. The zero-order valence-corrected chi connectivity index (χ0v) is 10.3. The SMILES string of the molecule is O=S(Cl)c1ccc2c(Cl)cnc(Cl)c2c1. The van der Waals surface area contributed by atoms with Crippen molar-refractivity contribution < 1.29 is 4.21 Å². The summed E-state index contributed by atoms with van der Waals surface area (Å²) in [5, 5.41) is 2.23. The highest BCUT2D eigenvalue weighted by atomic mass is 35.7. The summed E-state index contributed by atoms with van der Waals surface area (Å²) in [5.74, 6) is 0. The smallest absolute Gasteiger partial charge is 0.147 e. The monoisotopic (exact) mass is 279 g/mol. The Morgan fingerprint density at radius 2 is 1.93 bits per heavy atom. The lowest BCUT2D eigenvalue weighted by atomic mass is 10.2. The fraction of sp³-hybridized carbons (Fsp3) is 0. The van der Waals surface area contributed by atoms with E-state index in [1.54, 1.807) is 18.2 Å². The topological polar surface area (TPSA) is 30.0 Å². The minimum atomic E-state index is -1.56. The lowest BCUT2D eigenvalue weighted by Gasteiger charge is -2.03. The van der Waals surface area contributed by atoms with E-state index in [0.717, 1.165) is 5.39 Å². The van der Waals surface area contributed by atoms with E-state index in [-0.39, 0.29) is 0 Å². The van der Waals surface area contributed by atoms with Crippen molar-refractivity contribution in [3.8, 4) is 0 Å². The molecule has 78 valence electrons. The number of hydrogen-bond acceptors (Lipinski definition) is 2. The molecule has 6 heteroatoms. The zero-order valence-electron chi connectivity index (χ0n) is 7.21. The predicted octanol–water partition coefficient (Wildman–Crippen LogP) is 3.80. The Balaban J connectivity index is 2.81. The summed E-state index contributed by atoms with van der Waals surface area (Å²) < 4.78 is 11.1. The second kappa shape index (κ2) is 4.26. The number of aromatic nitrogens is 1. The molecule has 0 bridgehead atoms. The van der Waals surface area contributed by atoms with E-state index in [1.165, 1.54) is 6.20 Å². The normalized spacial score (nSPS) is 13.0. The van der Waals surface area contributed by atoms with Gasteiger partial charge in [-0.1, -0.05) is 29.3 Å². The molecular weight excluding hydrogens is 277 g/mol. The van der Waals surface area contributed by atoms with Gasteiger partial charge >= 0.3 is 0 Å². The third kappa shape index (κ3) is 2.11. The Kier molecular flexibility index (Phi) is 3.16. The van der Waals surface area contributed by atoms with Gasteiger partial charge < -0.3 is 0 Å². The first kappa shape index (κ1) is 11.1. The van der Waals surface area contributed by atoms with E-state index in [4.69, 9.17) is 33.9 Å². The first-order chi connectivity index (χ1) is 7.09. The molecule has 0 radical (unpaired) electrons. The summed E-state index contributed by atoms with van der Waals surface area (Å²) in [6, 6.07) is 4.99. The number of fused-ring (bicyclic) bond motifs is 1. The summed E-state index contributed by atoms with van der Waals surface area (Å²) in [7, 11) is 3.91. The Morgan fingerprint density at radius 3 is 2.60 bits per heavy atom. The fourth-order valence-corrected chi connectivity index (χ4v) is 2.35. The molecule has 1 aromatic heterocycles. The number of halogens is 3. The average Bonchev–Trinajstić information content (AvgIpc) is 2.23. The van der Waals surface area contributed by atoms with Crippen LogP contribution in [0.15, 0.2) is 29.3 Å². The second-order valence-electron chi connectivity index (χ2n) is 2.83. The van der Waals surface area contributed by atoms with Crippen molar-refractivity contribution in [3.05, 3.63) is 34.6 Å². The molecule has 2 rings (SSSR count). The standard InChI is InChI=1S/C9H4Cl3NOS/c10-8-4-13-9(11)7-3-5(15(12)14)1-2-6(7)8/h1-4H. The van der Waals surface area contributed by atoms with Crippen molar-refractivity contribution >= 4 is 54.7 Å². The van der Waals surface area contributed by atoms with Crippen LogP contribution in [-0.4, -0.2) is 9.19 Å². The van der Waals surface area contributed by atoms with Crippen molar-refractivity contribution in [2.24, 2.45) is 0 Å². The number of nitrogens with zero attached hydrogens (tertiary/aromatic N) is 1. The molecule has 0 N–H and O–H groups in total. The second-order valence-corrected chi connectivity index (χ2v) is 5.35. The highest BCUT2D eigenvalue weighted by molar-refractivity contribution is 8.08. The molecule has 0 spiro atoms. The molecule has 1 atom stereocenters. The van der Waals surface area contributed by atoms with Gasteiger partial charge in [0.05, 0.1) is 9.92 Å². The van der Waals surface area contributed by atoms with Crippen LogP contribution in [0, 0.1) is 0 Å². The van der Waals surface area contributed by atoms with Gasteiger partial charge in [0.2, 0.25) is 0 Å². The lowest BCUT2D eigenvalue weighted by molar-refractivity contribution is 0.691. The maximum atomic E-state index is 11.1. The van der Waals surface area contributed by atoms with Crippen molar-refractivity contribution in [3.63, 3.8) is 0 Å². The molecule has 2 aromatic rings. The number of benzene rings is 1. The minimum Gasteiger partial charge on any atom is -0.242 e. The number of pyridine rings is 1. The van der Waals surface area contributed by atoms with Gasteiger partial charge in [-0.25, -0.2) is 9.19 Å². The average molecular weight is 281 g/mol. The molecule has 0 fully saturated rings. The van der Waals surface area contributed by atoms with Gasteiger partial charge in [-0.2, -0.15) is 0 Å². The first-order valence-electron chi connectivity index (χ1n) is 3.91. The van der Waals surface area contributed by atoms with E-state index in [1.807, 2.05) is 0 Å². The maximum Gasteiger partial charge on any atom is 0.147 e. The molecule has 1 aromatic carbocycles. The van der Waals surface area contributed by atoms with E-state index >= 15 is 0 Å². The van der Waals surface area contributed by atoms with Crippen molar-refractivity contribution in [1.29, 1.82) is 0 Å². The lowest BCUT2D eigenvalue weighted by Crippen LogP contribution is -1.85. The molecule has 0 aliphatic rings. The summed E-state index contributed by atoms with van der Waals surface area (Å²) in [6.45, 7) is 0.